The molecule has 0 spiro atoms. The molecule has 3 heteroatoms. The molecule has 1 N–H and O–H groups in total. The van der Waals surface area contributed by atoms with Gasteiger partial charge >= 0.3 is 0 Å². The van der Waals surface area contributed by atoms with E-state index in [1.807, 2.05) is 30.3 Å². The molecule has 0 bridgehead atoms. The van der Waals surface area contributed by atoms with Gasteiger partial charge in [-0.25, -0.2) is 4.39 Å². The van der Waals surface area contributed by atoms with Gasteiger partial charge in [-0.2, -0.15) is 0 Å². The maximum Gasteiger partial charge on any atom is 0.126 e. The van der Waals surface area contributed by atoms with Gasteiger partial charge in [-0.15, -0.1) is 0 Å². The Balaban J connectivity index is 1.84. The molecule has 1 aromatic carbocycles. The van der Waals surface area contributed by atoms with E-state index < -0.39 is 0 Å². The molecule has 0 saturated carbocycles. The van der Waals surface area contributed by atoms with Crippen molar-refractivity contribution in [3.8, 4) is 0 Å². The van der Waals surface area contributed by atoms with Gasteiger partial charge in [0.25, 0.3) is 0 Å². The summed E-state index contributed by atoms with van der Waals surface area (Å²) in [6.45, 7) is 2.79. The van der Waals surface area contributed by atoms with Gasteiger partial charge in [-0.3, -0.25) is 4.98 Å². The fourth-order valence-electron chi connectivity index (χ4n) is 1.86. The maximum absolute atomic E-state index is 13.4. The van der Waals surface area contributed by atoms with E-state index in [0.29, 0.717) is 6.42 Å². The van der Waals surface area contributed by atoms with E-state index in [9.17, 15) is 4.39 Å². The van der Waals surface area contributed by atoms with Crippen LogP contribution in [-0.2, 0) is 6.42 Å². The Labute approximate surface area is 107 Å². The Hall–Kier alpha value is -1.74. The smallest absolute Gasteiger partial charge is 0.126 e. The molecule has 94 valence electrons. The first-order valence-electron chi connectivity index (χ1n) is 6.15. The average molecular weight is 244 g/mol. The van der Waals surface area contributed by atoms with Crippen molar-refractivity contribution in [2.75, 3.05) is 6.54 Å². The van der Waals surface area contributed by atoms with Crippen molar-refractivity contribution >= 4 is 0 Å². The summed E-state index contributed by atoms with van der Waals surface area (Å²) in [5.41, 5.74) is 1.75. The van der Waals surface area contributed by atoms with Crippen LogP contribution in [-0.4, -0.2) is 11.5 Å². The van der Waals surface area contributed by atoms with E-state index in [-0.39, 0.29) is 11.9 Å². The second-order valence-corrected chi connectivity index (χ2v) is 4.27. The number of nitrogens with zero attached hydrogens (tertiary/aromatic N) is 1. The molecule has 1 unspecified atom stereocenters. The van der Waals surface area contributed by atoms with Crippen LogP contribution < -0.4 is 5.32 Å². The number of benzene rings is 1. The zero-order valence-electron chi connectivity index (χ0n) is 10.4. The van der Waals surface area contributed by atoms with Crippen LogP contribution in [0.1, 0.15) is 24.2 Å². The minimum atomic E-state index is -0.134. The lowest BCUT2D eigenvalue weighted by atomic mass is 10.1. The van der Waals surface area contributed by atoms with Crippen molar-refractivity contribution in [3.63, 3.8) is 0 Å². The normalized spacial score (nSPS) is 12.3. The van der Waals surface area contributed by atoms with E-state index in [0.717, 1.165) is 17.8 Å². The SMILES string of the molecule is CC(NCCc1ccccc1F)c1ccccn1. The summed E-state index contributed by atoms with van der Waals surface area (Å²) in [5.74, 6) is -0.134. The zero-order valence-corrected chi connectivity index (χ0v) is 10.4. The van der Waals surface area contributed by atoms with Crippen LogP contribution in [0.4, 0.5) is 4.39 Å². The van der Waals surface area contributed by atoms with Gasteiger partial charge in [0.1, 0.15) is 5.82 Å². The van der Waals surface area contributed by atoms with Crippen LogP contribution in [0.3, 0.4) is 0 Å². The van der Waals surface area contributed by atoms with Gasteiger partial charge in [0.15, 0.2) is 0 Å². The molecule has 1 atom stereocenters. The summed E-state index contributed by atoms with van der Waals surface area (Å²) >= 11 is 0. The van der Waals surface area contributed by atoms with E-state index >= 15 is 0 Å². The number of nitrogens with one attached hydrogen (secondary N) is 1. The third-order valence-corrected chi connectivity index (χ3v) is 2.93. The summed E-state index contributed by atoms with van der Waals surface area (Å²) in [5, 5.41) is 3.35. The van der Waals surface area contributed by atoms with Crippen LogP contribution in [0, 0.1) is 5.82 Å². The first-order chi connectivity index (χ1) is 8.77. The molecule has 0 aliphatic rings. The highest BCUT2D eigenvalue weighted by molar-refractivity contribution is 5.17. The Morgan fingerprint density at radius 1 is 1.17 bits per heavy atom. The van der Waals surface area contributed by atoms with Crippen LogP contribution in [0.25, 0.3) is 0 Å². The molecule has 0 radical (unpaired) electrons. The Kier molecular flexibility index (Phi) is 4.42. The largest absolute Gasteiger partial charge is 0.309 e. The first-order valence-corrected chi connectivity index (χ1v) is 6.15. The number of hydrogen-bond acceptors (Lipinski definition) is 2. The van der Waals surface area contributed by atoms with Crippen molar-refractivity contribution in [3.05, 3.63) is 65.7 Å². The predicted molar refractivity (Wildman–Crippen MR) is 70.8 cm³/mol. The molecular weight excluding hydrogens is 227 g/mol. The van der Waals surface area contributed by atoms with E-state index in [4.69, 9.17) is 0 Å². The van der Waals surface area contributed by atoms with Crippen molar-refractivity contribution in [2.45, 2.75) is 19.4 Å². The molecule has 1 heterocycles. The molecule has 2 nitrogen and oxygen atoms in total. The number of hydrogen-bond donors (Lipinski definition) is 1. The van der Waals surface area contributed by atoms with Gasteiger partial charge in [0.05, 0.1) is 5.69 Å². The zero-order chi connectivity index (χ0) is 12.8. The lowest BCUT2D eigenvalue weighted by Crippen LogP contribution is -2.22. The van der Waals surface area contributed by atoms with E-state index in [1.165, 1.54) is 6.07 Å². The van der Waals surface area contributed by atoms with Crippen molar-refractivity contribution in [1.29, 1.82) is 0 Å². The predicted octanol–water partition coefficient (Wildman–Crippen LogP) is 3.11. The number of pyridine rings is 1. The van der Waals surface area contributed by atoms with Gasteiger partial charge in [-0.1, -0.05) is 24.3 Å². The second-order valence-electron chi connectivity index (χ2n) is 4.27. The fourth-order valence-corrected chi connectivity index (χ4v) is 1.86. The topological polar surface area (TPSA) is 24.9 Å². The Bertz CT molecular complexity index is 485. The van der Waals surface area contributed by atoms with Crippen molar-refractivity contribution in [1.82, 2.24) is 10.3 Å². The highest BCUT2D eigenvalue weighted by Crippen LogP contribution is 2.09. The van der Waals surface area contributed by atoms with Crippen LogP contribution >= 0.6 is 0 Å². The molecule has 0 aliphatic heterocycles. The number of aromatic nitrogens is 1. The van der Waals surface area contributed by atoms with Crippen molar-refractivity contribution in [2.24, 2.45) is 0 Å². The van der Waals surface area contributed by atoms with Crippen molar-refractivity contribution < 1.29 is 4.39 Å². The Morgan fingerprint density at radius 2 is 1.94 bits per heavy atom. The summed E-state index contributed by atoms with van der Waals surface area (Å²) in [7, 11) is 0. The third kappa shape index (κ3) is 3.37. The lowest BCUT2D eigenvalue weighted by molar-refractivity contribution is 0.550. The van der Waals surface area contributed by atoms with Gasteiger partial charge in [-0.05, 0) is 43.7 Å². The van der Waals surface area contributed by atoms with Crippen LogP contribution in [0.5, 0.6) is 0 Å². The summed E-state index contributed by atoms with van der Waals surface area (Å²) < 4.78 is 13.4. The van der Waals surface area contributed by atoms with Gasteiger partial charge in [0.2, 0.25) is 0 Å². The quantitative estimate of drug-likeness (QED) is 0.874. The van der Waals surface area contributed by atoms with Crippen LogP contribution in [0.15, 0.2) is 48.7 Å². The third-order valence-electron chi connectivity index (χ3n) is 2.93. The molecule has 0 saturated heterocycles. The summed E-state index contributed by atoms with van der Waals surface area (Å²) in [4.78, 5) is 4.29. The molecular formula is C15H17FN2. The van der Waals surface area contributed by atoms with E-state index in [1.54, 1.807) is 12.3 Å². The average Bonchev–Trinajstić information content (AvgIpc) is 2.42. The maximum atomic E-state index is 13.4. The van der Waals surface area contributed by atoms with Gasteiger partial charge < -0.3 is 5.32 Å². The minimum absolute atomic E-state index is 0.134. The van der Waals surface area contributed by atoms with Gasteiger partial charge in [0, 0.05) is 12.2 Å². The molecule has 2 rings (SSSR count). The first kappa shape index (κ1) is 12.7. The molecule has 0 fully saturated rings. The molecule has 18 heavy (non-hydrogen) atoms. The van der Waals surface area contributed by atoms with E-state index in [2.05, 4.69) is 17.2 Å². The summed E-state index contributed by atoms with van der Waals surface area (Å²) in [6.07, 6.45) is 2.47. The molecule has 0 amide bonds. The molecule has 1 aromatic heterocycles. The lowest BCUT2D eigenvalue weighted by Gasteiger charge is -2.13. The molecule has 2 aromatic rings. The summed E-state index contributed by atoms with van der Waals surface area (Å²) in [6, 6.07) is 12.9. The molecule has 0 aliphatic carbocycles. The Morgan fingerprint density at radius 3 is 2.67 bits per heavy atom. The monoisotopic (exact) mass is 244 g/mol. The highest BCUT2D eigenvalue weighted by atomic mass is 19.1. The standard InChI is InChI=1S/C15H17FN2/c1-12(15-8-4-5-10-18-15)17-11-9-13-6-2-3-7-14(13)16/h2-8,10,12,17H,9,11H2,1H3. The number of rotatable bonds is 5. The highest BCUT2D eigenvalue weighted by Gasteiger charge is 2.06. The fraction of sp³-hybridized carbons (Fsp3) is 0.267. The second kappa shape index (κ2) is 6.26. The van der Waals surface area contributed by atoms with Crippen LogP contribution in [0.2, 0.25) is 0 Å². The minimum Gasteiger partial charge on any atom is -0.309 e. The number of halogens is 1.